The minimum atomic E-state index is -0.222. The second-order valence-electron chi connectivity index (χ2n) is 6.79. The summed E-state index contributed by atoms with van der Waals surface area (Å²) in [6, 6.07) is 7.45. The molecule has 0 aliphatic heterocycles. The van der Waals surface area contributed by atoms with Crippen LogP contribution in [0.2, 0.25) is 0 Å². The first-order valence-electron chi connectivity index (χ1n) is 8.62. The molecule has 0 radical (unpaired) electrons. The molecular formula is C18H21N3O3. The van der Waals surface area contributed by atoms with Gasteiger partial charge in [-0.3, -0.25) is 4.79 Å². The predicted octanol–water partition coefficient (Wildman–Crippen LogP) is 2.65. The Morgan fingerprint density at radius 1 is 1.17 bits per heavy atom. The number of rotatable bonds is 4. The summed E-state index contributed by atoms with van der Waals surface area (Å²) in [4.78, 5) is 16.9. The summed E-state index contributed by atoms with van der Waals surface area (Å²) in [5.74, 6) is 1.55. The van der Waals surface area contributed by atoms with E-state index in [-0.39, 0.29) is 18.1 Å². The van der Waals surface area contributed by atoms with Crippen molar-refractivity contribution in [3.8, 4) is 11.4 Å². The van der Waals surface area contributed by atoms with Gasteiger partial charge < -0.3 is 14.9 Å². The highest BCUT2D eigenvalue weighted by molar-refractivity contribution is 5.95. The van der Waals surface area contributed by atoms with Crippen LogP contribution in [0.15, 0.2) is 28.8 Å². The van der Waals surface area contributed by atoms with Gasteiger partial charge in [-0.15, -0.1) is 0 Å². The molecule has 2 aliphatic carbocycles. The molecule has 0 saturated heterocycles. The lowest BCUT2D eigenvalue weighted by molar-refractivity contribution is 0.0867. The van der Waals surface area contributed by atoms with Crippen LogP contribution in [-0.4, -0.2) is 33.3 Å². The average molecular weight is 327 g/mol. The van der Waals surface area contributed by atoms with Crippen molar-refractivity contribution in [3.05, 3.63) is 35.7 Å². The van der Waals surface area contributed by atoms with Crippen molar-refractivity contribution in [3.63, 3.8) is 0 Å². The van der Waals surface area contributed by atoms with Crippen LogP contribution in [0.25, 0.3) is 11.4 Å². The minimum Gasteiger partial charge on any atom is -0.393 e. The SMILES string of the molecule is O=C(NC1CCC(O)CC1)c1cccc(-c2noc(C3CC3)n2)c1. The van der Waals surface area contributed by atoms with Crippen molar-refractivity contribution in [2.45, 2.75) is 56.6 Å². The first-order valence-corrected chi connectivity index (χ1v) is 8.62. The number of aliphatic hydroxyl groups excluding tert-OH is 1. The maximum absolute atomic E-state index is 12.5. The average Bonchev–Trinajstić information content (AvgIpc) is 3.34. The molecule has 0 unspecified atom stereocenters. The smallest absolute Gasteiger partial charge is 0.251 e. The number of amides is 1. The Morgan fingerprint density at radius 2 is 1.96 bits per heavy atom. The van der Waals surface area contributed by atoms with E-state index in [0.29, 0.717) is 23.2 Å². The first kappa shape index (κ1) is 15.3. The van der Waals surface area contributed by atoms with Gasteiger partial charge in [0.05, 0.1) is 6.10 Å². The molecule has 1 amide bonds. The van der Waals surface area contributed by atoms with Crippen LogP contribution < -0.4 is 5.32 Å². The number of hydrogen-bond acceptors (Lipinski definition) is 5. The van der Waals surface area contributed by atoms with Crippen molar-refractivity contribution >= 4 is 5.91 Å². The Kier molecular flexibility index (Phi) is 4.06. The molecule has 2 aliphatic rings. The van der Waals surface area contributed by atoms with Gasteiger partial charge in [0.2, 0.25) is 11.7 Å². The van der Waals surface area contributed by atoms with Crippen LogP contribution in [0.5, 0.6) is 0 Å². The fourth-order valence-corrected chi connectivity index (χ4v) is 3.14. The molecule has 126 valence electrons. The van der Waals surface area contributed by atoms with E-state index in [1.54, 1.807) is 12.1 Å². The molecule has 1 aromatic carbocycles. The van der Waals surface area contributed by atoms with Gasteiger partial charge in [0.1, 0.15) is 0 Å². The van der Waals surface area contributed by atoms with Gasteiger partial charge in [-0.2, -0.15) is 4.98 Å². The molecule has 2 aromatic rings. The minimum absolute atomic E-state index is 0.0934. The van der Waals surface area contributed by atoms with Crippen molar-refractivity contribution in [1.29, 1.82) is 0 Å². The number of aliphatic hydroxyl groups is 1. The van der Waals surface area contributed by atoms with E-state index in [1.807, 2.05) is 12.1 Å². The first-order chi connectivity index (χ1) is 11.7. The second kappa shape index (κ2) is 6.36. The van der Waals surface area contributed by atoms with Gasteiger partial charge in [-0.1, -0.05) is 17.3 Å². The van der Waals surface area contributed by atoms with Crippen LogP contribution in [0.4, 0.5) is 0 Å². The molecule has 1 heterocycles. The second-order valence-corrected chi connectivity index (χ2v) is 6.79. The normalized spacial score (nSPS) is 23.9. The predicted molar refractivity (Wildman–Crippen MR) is 87.4 cm³/mol. The van der Waals surface area contributed by atoms with E-state index < -0.39 is 0 Å². The number of nitrogens with one attached hydrogen (secondary N) is 1. The molecule has 2 fully saturated rings. The quantitative estimate of drug-likeness (QED) is 0.901. The van der Waals surface area contributed by atoms with E-state index in [2.05, 4.69) is 15.5 Å². The van der Waals surface area contributed by atoms with Gasteiger partial charge in [-0.25, -0.2) is 0 Å². The summed E-state index contributed by atoms with van der Waals surface area (Å²) < 4.78 is 5.29. The monoisotopic (exact) mass is 327 g/mol. The van der Waals surface area contributed by atoms with E-state index >= 15 is 0 Å². The Morgan fingerprint density at radius 3 is 2.71 bits per heavy atom. The summed E-state index contributed by atoms with van der Waals surface area (Å²) in [6.45, 7) is 0. The number of benzene rings is 1. The van der Waals surface area contributed by atoms with Crippen molar-refractivity contribution < 1.29 is 14.4 Å². The summed E-state index contributed by atoms with van der Waals surface area (Å²) in [6.07, 6.45) is 5.14. The molecule has 6 nitrogen and oxygen atoms in total. The molecule has 6 heteroatoms. The Hall–Kier alpha value is -2.21. The lowest BCUT2D eigenvalue weighted by atomic mass is 9.93. The zero-order valence-corrected chi connectivity index (χ0v) is 13.4. The zero-order chi connectivity index (χ0) is 16.5. The van der Waals surface area contributed by atoms with Gasteiger partial charge in [0.15, 0.2) is 0 Å². The molecular weight excluding hydrogens is 306 g/mol. The number of carbonyl (C=O) groups is 1. The van der Waals surface area contributed by atoms with Gasteiger partial charge in [-0.05, 0) is 50.7 Å². The number of hydrogen-bond donors (Lipinski definition) is 2. The van der Waals surface area contributed by atoms with E-state index in [1.165, 1.54) is 0 Å². The topological polar surface area (TPSA) is 88.2 Å². The van der Waals surface area contributed by atoms with Crippen LogP contribution in [0.3, 0.4) is 0 Å². The Labute approximate surface area is 140 Å². The third kappa shape index (κ3) is 3.33. The molecule has 0 bridgehead atoms. The highest BCUT2D eigenvalue weighted by atomic mass is 16.5. The highest BCUT2D eigenvalue weighted by Gasteiger charge is 2.30. The van der Waals surface area contributed by atoms with Crippen molar-refractivity contribution in [2.75, 3.05) is 0 Å². The fourth-order valence-electron chi connectivity index (χ4n) is 3.14. The van der Waals surface area contributed by atoms with E-state index in [4.69, 9.17) is 4.52 Å². The lowest BCUT2D eigenvalue weighted by Crippen LogP contribution is -2.38. The van der Waals surface area contributed by atoms with Crippen LogP contribution >= 0.6 is 0 Å². The van der Waals surface area contributed by atoms with Crippen molar-refractivity contribution in [1.82, 2.24) is 15.5 Å². The fraction of sp³-hybridized carbons (Fsp3) is 0.500. The Bertz CT molecular complexity index is 731. The maximum atomic E-state index is 12.5. The summed E-state index contributed by atoms with van der Waals surface area (Å²) in [5, 5.41) is 16.6. The zero-order valence-electron chi connectivity index (χ0n) is 13.4. The third-order valence-electron chi connectivity index (χ3n) is 4.78. The summed E-state index contributed by atoms with van der Waals surface area (Å²) in [5.41, 5.74) is 1.38. The van der Waals surface area contributed by atoms with Gasteiger partial charge in [0, 0.05) is 23.1 Å². The van der Waals surface area contributed by atoms with Crippen LogP contribution in [0, 0.1) is 0 Å². The largest absolute Gasteiger partial charge is 0.393 e. The van der Waals surface area contributed by atoms with Crippen LogP contribution in [0.1, 0.15) is 60.7 Å². The molecule has 2 N–H and O–H groups in total. The molecule has 0 atom stereocenters. The molecule has 24 heavy (non-hydrogen) atoms. The lowest BCUT2D eigenvalue weighted by Gasteiger charge is -2.26. The van der Waals surface area contributed by atoms with Gasteiger partial charge in [0.25, 0.3) is 5.91 Å². The van der Waals surface area contributed by atoms with E-state index in [9.17, 15) is 9.90 Å². The highest BCUT2D eigenvalue weighted by Crippen LogP contribution is 2.39. The molecule has 0 spiro atoms. The summed E-state index contributed by atoms with van der Waals surface area (Å²) >= 11 is 0. The van der Waals surface area contributed by atoms with Gasteiger partial charge >= 0.3 is 0 Å². The number of aromatic nitrogens is 2. The van der Waals surface area contributed by atoms with Crippen molar-refractivity contribution in [2.24, 2.45) is 0 Å². The number of carbonyl (C=O) groups excluding carboxylic acids is 1. The third-order valence-corrected chi connectivity index (χ3v) is 4.78. The standard InChI is InChI=1S/C18H21N3O3/c22-15-8-6-14(7-9-15)19-17(23)13-3-1-2-12(10-13)16-20-18(24-21-16)11-4-5-11/h1-3,10-11,14-15,22H,4-9H2,(H,19,23). The number of nitrogens with zero attached hydrogens (tertiary/aromatic N) is 2. The summed E-state index contributed by atoms with van der Waals surface area (Å²) in [7, 11) is 0. The Balaban J connectivity index is 1.46. The van der Waals surface area contributed by atoms with Crippen LogP contribution in [-0.2, 0) is 0 Å². The molecule has 4 rings (SSSR count). The molecule has 1 aromatic heterocycles. The maximum Gasteiger partial charge on any atom is 0.251 e. The van der Waals surface area contributed by atoms with E-state index in [0.717, 1.165) is 44.1 Å². The molecule has 2 saturated carbocycles.